The first-order valence-electron chi connectivity index (χ1n) is 6.00. The molecule has 0 bridgehead atoms. The summed E-state index contributed by atoms with van der Waals surface area (Å²) in [7, 11) is 1.42. The molecule has 8 heteroatoms. The molecule has 1 N–H and O–H groups in total. The van der Waals surface area contributed by atoms with Crippen molar-refractivity contribution in [2.75, 3.05) is 7.11 Å². The van der Waals surface area contributed by atoms with Crippen LogP contribution >= 0.6 is 0 Å². The van der Waals surface area contributed by atoms with Crippen LogP contribution in [0.25, 0.3) is 0 Å². The van der Waals surface area contributed by atoms with Gasteiger partial charge < -0.3 is 9.84 Å². The van der Waals surface area contributed by atoms with Gasteiger partial charge in [-0.15, -0.1) is 0 Å². The van der Waals surface area contributed by atoms with Gasteiger partial charge in [-0.1, -0.05) is 0 Å². The van der Waals surface area contributed by atoms with Crippen molar-refractivity contribution < 1.29 is 19.6 Å². The van der Waals surface area contributed by atoms with Crippen molar-refractivity contribution in [1.29, 1.82) is 0 Å². The van der Waals surface area contributed by atoms with E-state index < -0.39 is 10.9 Å². The van der Waals surface area contributed by atoms with Gasteiger partial charge in [-0.3, -0.25) is 14.8 Å². The minimum atomic E-state index is -1.06. The van der Waals surface area contributed by atoms with Crippen molar-refractivity contribution in [3.05, 3.63) is 51.3 Å². The molecule has 0 aliphatic rings. The summed E-state index contributed by atoms with van der Waals surface area (Å²) < 4.78 is 6.50. The van der Waals surface area contributed by atoms with Crippen LogP contribution in [0, 0.1) is 17.0 Å². The fourth-order valence-electron chi connectivity index (χ4n) is 1.95. The Hall–Kier alpha value is -2.90. The summed E-state index contributed by atoms with van der Waals surface area (Å²) in [4.78, 5) is 21.3. The number of rotatable bonds is 5. The van der Waals surface area contributed by atoms with Gasteiger partial charge in [0.1, 0.15) is 11.3 Å². The summed E-state index contributed by atoms with van der Waals surface area (Å²) in [6.45, 7) is 1.85. The molecule has 0 unspecified atom stereocenters. The second-order valence-corrected chi connectivity index (χ2v) is 4.40. The van der Waals surface area contributed by atoms with E-state index in [0.717, 1.165) is 0 Å². The summed E-state index contributed by atoms with van der Waals surface area (Å²) in [6, 6.07) is 4.38. The number of hydrogen-bond donors (Lipinski definition) is 1. The van der Waals surface area contributed by atoms with Crippen molar-refractivity contribution in [3.8, 4) is 5.75 Å². The number of aromatic carboxylic acids is 1. The molecule has 0 amide bonds. The fourth-order valence-corrected chi connectivity index (χ4v) is 1.95. The van der Waals surface area contributed by atoms with Gasteiger partial charge in [0.25, 0.3) is 5.69 Å². The minimum absolute atomic E-state index is 0.0902. The molecule has 21 heavy (non-hydrogen) atoms. The number of carboxylic acid groups (broad SMARTS) is 1. The first-order valence-corrected chi connectivity index (χ1v) is 6.00. The van der Waals surface area contributed by atoms with Gasteiger partial charge in [-0.25, -0.2) is 4.79 Å². The predicted octanol–water partition coefficient (Wildman–Crippen LogP) is 1.85. The Morgan fingerprint density at radius 3 is 2.71 bits per heavy atom. The highest BCUT2D eigenvalue weighted by Gasteiger charge is 2.15. The van der Waals surface area contributed by atoms with Gasteiger partial charge in [0.2, 0.25) is 0 Å². The molecule has 8 nitrogen and oxygen atoms in total. The summed E-state index contributed by atoms with van der Waals surface area (Å²) in [5.41, 5.74) is 1.09. The Morgan fingerprint density at radius 2 is 2.19 bits per heavy atom. The van der Waals surface area contributed by atoms with E-state index in [1.807, 2.05) is 0 Å². The zero-order chi connectivity index (χ0) is 15.6. The molecular formula is C13H13N3O5. The van der Waals surface area contributed by atoms with Gasteiger partial charge in [0.05, 0.1) is 36.5 Å². The molecule has 0 atom stereocenters. The van der Waals surface area contributed by atoms with E-state index in [1.165, 1.54) is 30.1 Å². The highest BCUT2D eigenvalue weighted by atomic mass is 16.6. The van der Waals surface area contributed by atoms with Crippen LogP contribution in [0.2, 0.25) is 0 Å². The van der Waals surface area contributed by atoms with Gasteiger partial charge in [0.15, 0.2) is 0 Å². The zero-order valence-corrected chi connectivity index (χ0v) is 11.4. The molecule has 0 aliphatic carbocycles. The molecule has 0 spiro atoms. The number of non-ortho nitro benzene ring substituents is 1. The SMILES string of the molecule is COc1cc(Cn2ncc(C(=O)O)c2C)cc([N+](=O)[O-])c1. The molecule has 1 aromatic carbocycles. The molecule has 1 aromatic heterocycles. The lowest BCUT2D eigenvalue weighted by molar-refractivity contribution is -0.385. The number of carboxylic acids is 1. The lowest BCUT2D eigenvalue weighted by Crippen LogP contribution is -2.06. The number of methoxy groups -OCH3 is 1. The van der Waals surface area contributed by atoms with Crippen LogP contribution in [0.15, 0.2) is 24.4 Å². The molecular weight excluding hydrogens is 278 g/mol. The second-order valence-electron chi connectivity index (χ2n) is 4.40. The highest BCUT2D eigenvalue weighted by molar-refractivity contribution is 5.88. The number of ether oxygens (including phenoxy) is 1. The summed E-state index contributed by atoms with van der Waals surface area (Å²) >= 11 is 0. The van der Waals surface area contributed by atoms with Crippen LogP contribution in [-0.4, -0.2) is 32.9 Å². The van der Waals surface area contributed by atoms with E-state index >= 15 is 0 Å². The predicted molar refractivity (Wildman–Crippen MR) is 72.7 cm³/mol. The van der Waals surface area contributed by atoms with Gasteiger partial charge in [-0.2, -0.15) is 5.10 Å². The van der Waals surface area contributed by atoms with Crippen molar-refractivity contribution in [2.45, 2.75) is 13.5 Å². The topological polar surface area (TPSA) is 107 Å². The number of aromatic nitrogens is 2. The number of nitro groups is 1. The van der Waals surface area contributed by atoms with E-state index in [-0.39, 0.29) is 17.8 Å². The van der Waals surface area contributed by atoms with Crippen molar-refractivity contribution >= 4 is 11.7 Å². The van der Waals surface area contributed by atoms with E-state index in [2.05, 4.69) is 5.10 Å². The van der Waals surface area contributed by atoms with E-state index in [9.17, 15) is 14.9 Å². The number of nitrogens with zero attached hydrogens (tertiary/aromatic N) is 3. The molecule has 1 heterocycles. The molecule has 2 rings (SSSR count). The van der Waals surface area contributed by atoms with Crippen molar-refractivity contribution in [2.24, 2.45) is 0 Å². The lowest BCUT2D eigenvalue weighted by Gasteiger charge is -2.07. The lowest BCUT2D eigenvalue weighted by atomic mass is 10.2. The zero-order valence-electron chi connectivity index (χ0n) is 11.4. The number of benzene rings is 1. The number of nitro benzene ring substituents is 1. The third-order valence-electron chi connectivity index (χ3n) is 3.06. The van der Waals surface area contributed by atoms with Crippen molar-refractivity contribution in [1.82, 2.24) is 9.78 Å². The largest absolute Gasteiger partial charge is 0.496 e. The quantitative estimate of drug-likeness (QED) is 0.665. The average molecular weight is 291 g/mol. The Morgan fingerprint density at radius 1 is 1.48 bits per heavy atom. The standard InChI is InChI=1S/C13H13N3O5/c1-8-12(13(17)18)6-14-15(8)7-9-3-10(16(19)20)5-11(4-9)21-2/h3-6H,7H2,1-2H3,(H,17,18). The van der Waals surface area contributed by atoms with Gasteiger partial charge in [0, 0.05) is 6.07 Å². The summed E-state index contributed by atoms with van der Waals surface area (Å²) in [5, 5.41) is 23.9. The molecule has 0 saturated carbocycles. The molecule has 0 radical (unpaired) electrons. The first-order chi connectivity index (χ1) is 9.92. The third kappa shape index (κ3) is 2.99. The third-order valence-corrected chi connectivity index (χ3v) is 3.06. The van der Waals surface area contributed by atoms with Gasteiger partial charge in [-0.05, 0) is 18.6 Å². The molecule has 0 aliphatic heterocycles. The number of hydrogen-bond acceptors (Lipinski definition) is 5. The maximum absolute atomic E-state index is 11.0. The highest BCUT2D eigenvalue weighted by Crippen LogP contribution is 2.23. The summed E-state index contributed by atoms with van der Waals surface area (Å²) in [6.07, 6.45) is 1.26. The Bertz CT molecular complexity index is 708. The van der Waals surface area contributed by atoms with Crippen molar-refractivity contribution in [3.63, 3.8) is 0 Å². The summed E-state index contributed by atoms with van der Waals surface area (Å²) in [5.74, 6) is -0.696. The second kappa shape index (κ2) is 5.61. The minimum Gasteiger partial charge on any atom is -0.496 e. The van der Waals surface area contributed by atoms with Crippen LogP contribution in [0.3, 0.4) is 0 Å². The average Bonchev–Trinajstić information content (AvgIpc) is 2.80. The maximum Gasteiger partial charge on any atom is 0.339 e. The van der Waals surface area contributed by atoms with E-state index in [1.54, 1.807) is 13.0 Å². The smallest absolute Gasteiger partial charge is 0.339 e. The normalized spacial score (nSPS) is 10.4. The van der Waals surface area contributed by atoms with E-state index in [4.69, 9.17) is 9.84 Å². The Labute approximate surface area is 119 Å². The molecule has 110 valence electrons. The van der Waals surface area contributed by atoms with Gasteiger partial charge >= 0.3 is 5.97 Å². The first kappa shape index (κ1) is 14.5. The van der Waals surface area contributed by atoms with E-state index in [0.29, 0.717) is 17.0 Å². The molecule has 0 fully saturated rings. The van der Waals surface area contributed by atoms with Crippen LogP contribution < -0.4 is 4.74 Å². The number of carbonyl (C=O) groups is 1. The van der Waals surface area contributed by atoms with Crippen LogP contribution in [0.5, 0.6) is 5.75 Å². The fraction of sp³-hybridized carbons (Fsp3) is 0.231. The molecule has 2 aromatic rings. The van der Waals surface area contributed by atoms with Crippen LogP contribution in [-0.2, 0) is 6.54 Å². The van der Waals surface area contributed by atoms with Crippen LogP contribution in [0.1, 0.15) is 21.6 Å². The monoisotopic (exact) mass is 291 g/mol. The maximum atomic E-state index is 11.0. The Balaban J connectivity index is 2.37. The molecule has 0 saturated heterocycles. The Kier molecular flexibility index (Phi) is 3.88. The van der Waals surface area contributed by atoms with Crippen LogP contribution in [0.4, 0.5) is 5.69 Å².